The third-order valence-corrected chi connectivity index (χ3v) is 3.84. The largest absolute Gasteiger partial charge is 0.507 e. The molecule has 23 heavy (non-hydrogen) atoms. The van der Waals surface area contributed by atoms with Gasteiger partial charge in [-0.15, -0.1) is 0 Å². The van der Waals surface area contributed by atoms with Gasteiger partial charge in [-0.1, -0.05) is 18.2 Å². The van der Waals surface area contributed by atoms with Crippen LogP contribution in [0.4, 0.5) is 0 Å². The summed E-state index contributed by atoms with van der Waals surface area (Å²) in [6, 6.07) is 13.0. The Morgan fingerprint density at radius 1 is 1.09 bits per heavy atom. The number of aromatic hydroxyl groups is 1. The van der Waals surface area contributed by atoms with E-state index in [2.05, 4.69) is 0 Å². The van der Waals surface area contributed by atoms with Gasteiger partial charge in [-0.05, 0) is 30.3 Å². The number of phenols is 1. The van der Waals surface area contributed by atoms with Crippen molar-refractivity contribution >= 4 is 16.7 Å². The first-order chi connectivity index (χ1) is 11.0. The van der Waals surface area contributed by atoms with Gasteiger partial charge in [0, 0.05) is 12.4 Å². The number of benzene rings is 2. The fourth-order valence-corrected chi connectivity index (χ4v) is 2.62. The van der Waals surface area contributed by atoms with Crippen LogP contribution >= 0.6 is 0 Å². The van der Waals surface area contributed by atoms with E-state index in [0.717, 1.165) is 0 Å². The Kier molecular flexibility index (Phi) is 3.62. The predicted molar refractivity (Wildman–Crippen MR) is 87.3 cm³/mol. The number of hydrogen-bond acceptors (Lipinski definition) is 4. The lowest BCUT2D eigenvalue weighted by atomic mass is 10.0. The van der Waals surface area contributed by atoms with Crippen LogP contribution in [0.3, 0.4) is 0 Å². The number of ether oxygens (including phenoxy) is 1. The summed E-state index contributed by atoms with van der Waals surface area (Å²) >= 11 is 0. The van der Waals surface area contributed by atoms with E-state index in [1.807, 2.05) is 0 Å². The van der Waals surface area contributed by atoms with Crippen LogP contribution in [0.1, 0.15) is 15.9 Å². The standard InChI is InChI=1S/C18H15NO4/c1-19-14-7-5-9-16(23-2)12(14)10-13(18(19)22)17(21)11-6-3-4-8-15(11)20/h3-10,20H,1-2H3. The van der Waals surface area contributed by atoms with Crippen molar-refractivity contribution in [1.29, 1.82) is 0 Å². The zero-order chi connectivity index (χ0) is 16.6. The molecule has 0 spiro atoms. The van der Waals surface area contributed by atoms with Crippen molar-refractivity contribution in [3.8, 4) is 11.5 Å². The molecule has 3 aromatic rings. The number of hydrogen-bond donors (Lipinski definition) is 1. The molecule has 0 atom stereocenters. The molecule has 0 saturated heterocycles. The minimum atomic E-state index is -0.517. The number of rotatable bonds is 3. The lowest BCUT2D eigenvalue weighted by Crippen LogP contribution is -2.25. The lowest BCUT2D eigenvalue weighted by molar-refractivity contribution is 0.103. The van der Waals surface area contributed by atoms with E-state index in [1.165, 1.54) is 29.9 Å². The van der Waals surface area contributed by atoms with Crippen LogP contribution in [-0.4, -0.2) is 22.6 Å². The minimum Gasteiger partial charge on any atom is -0.507 e. The maximum atomic E-state index is 12.7. The molecule has 0 saturated carbocycles. The number of aromatic nitrogens is 1. The predicted octanol–water partition coefficient (Wildman–Crippen LogP) is 2.48. The van der Waals surface area contributed by atoms with E-state index in [1.54, 1.807) is 37.4 Å². The van der Waals surface area contributed by atoms with Gasteiger partial charge in [-0.25, -0.2) is 0 Å². The average Bonchev–Trinajstić information content (AvgIpc) is 2.57. The summed E-state index contributed by atoms with van der Waals surface area (Å²) in [4.78, 5) is 25.2. The van der Waals surface area contributed by atoms with Crippen LogP contribution in [0.2, 0.25) is 0 Å². The van der Waals surface area contributed by atoms with Gasteiger partial charge in [-0.3, -0.25) is 9.59 Å². The van der Waals surface area contributed by atoms with Gasteiger partial charge in [0.2, 0.25) is 5.78 Å². The first-order valence-electron chi connectivity index (χ1n) is 7.04. The molecule has 2 aromatic carbocycles. The van der Waals surface area contributed by atoms with E-state index >= 15 is 0 Å². The number of carbonyl (C=O) groups is 1. The van der Waals surface area contributed by atoms with Gasteiger partial charge in [0.05, 0.1) is 23.8 Å². The highest BCUT2D eigenvalue weighted by Crippen LogP contribution is 2.26. The number of para-hydroxylation sites is 1. The lowest BCUT2D eigenvalue weighted by Gasteiger charge is -2.11. The van der Waals surface area contributed by atoms with Gasteiger partial charge in [0.15, 0.2) is 0 Å². The number of pyridine rings is 1. The van der Waals surface area contributed by atoms with Crippen molar-refractivity contribution in [3.05, 3.63) is 70.0 Å². The molecule has 0 amide bonds. The van der Waals surface area contributed by atoms with Crippen LogP contribution in [0.25, 0.3) is 10.9 Å². The molecule has 0 radical (unpaired) electrons. The molecule has 0 aliphatic carbocycles. The normalized spacial score (nSPS) is 10.7. The van der Waals surface area contributed by atoms with Crippen LogP contribution < -0.4 is 10.3 Å². The highest BCUT2D eigenvalue weighted by Gasteiger charge is 2.19. The second-order valence-electron chi connectivity index (χ2n) is 5.16. The molecule has 0 aliphatic rings. The third-order valence-electron chi connectivity index (χ3n) is 3.84. The van der Waals surface area contributed by atoms with Crippen molar-refractivity contribution in [2.45, 2.75) is 0 Å². The quantitative estimate of drug-likeness (QED) is 0.755. The Hall–Kier alpha value is -3.08. The van der Waals surface area contributed by atoms with Gasteiger partial charge in [0.25, 0.3) is 5.56 Å². The zero-order valence-electron chi connectivity index (χ0n) is 12.7. The summed E-state index contributed by atoms with van der Waals surface area (Å²) in [5.74, 6) is -0.0967. The minimum absolute atomic E-state index is 0.00833. The second-order valence-corrected chi connectivity index (χ2v) is 5.16. The van der Waals surface area contributed by atoms with Gasteiger partial charge in [0.1, 0.15) is 11.5 Å². The Labute approximate surface area is 132 Å². The summed E-state index contributed by atoms with van der Waals surface area (Å²) < 4.78 is 6.72. The van der Waals surface area contributed by atoms with Crippen LogP contribution in [0, 0.1) is 0 Å². The third kappa shape index (κ3) is 2.36. The number of methoxy groups -OCH3 is 1. The van der Waals surface area contributed by atoms with Crippen molar-refractivity contribution < 1.29 is 14.6 Å². The Balaban J connectivity index is 2.30. The first-order valence-corrected chi connectivity index (χ1v) is 7.04. The zero-order valence-corrected chi connectivity index (χ0v) is 12.7. The summed E-state index contributed by atoms with van der Waals surface area (Å²) in [6.07, 6.45) is 0. The molecule has 5 nitrogen and oxygen atoms in total. The van der Waals surface area contributed by atoms with Crippen molar-refractivity contribution in [1.82, 2.24) is 4.57 Å². The van der Waals surface area contributed by atoms with E-state index in [4.69, 9.17) is 4.74 Å². The van der Waals surface area contributed by atoms with E-state index in [0.29, 0.717) is 16.7 Å². The Morgan fingerprint density at radius 3 is 2.52 bits per heavy atom. The Morgan fingerprint density at radius 2 is 1.83 bits per heavy atom. The van der Waals surface area contributed by atoms with E-state index in [-0.39, 0.29) is 16.9 Å². The average molecular weight is 309 g/mol. The fourth-order valence-electron chi connectivity index (χ4n) is 2.62. The highest BCUT2D eigenvalue weighted by atomic mass is 16.5. The Bertz CT molecular complexity index is 972. The van der Waals surface area contributed by atoms with Crippen molar-refractivity contribution in [2.24, 2.45) is 7.05 Å². The van der Waals surface area contributed by atoms with Crippen molar-refractivity contribution in [3.63, 3.8) is 0 Å². The fraction of sp³-hybridized carbons (Fsp3) is 0.111. The van der Waals surface area contributed by atoms with Gasteiger partial charge >= 0.3 is 0 Å². The molecule has 1 N–H and O–H groups in total. The number of aryl methyl sites for hydroxylation is 1. The number of phenolic OH excluding ortho intramolecular Hbond substituents is 1. The molecule has 0 fully saturated rings. The monoisotopic (exact) mass is 309 g/mol. The molecule has 116 valence electrons. The number of nitrogens with zero attached hydrogens (tertiary/aromatic N) is 1. The molecule has 0 bridgehead atoms. The summed E-state index contributed by atoms with van der Waals surface area (Å²) in [7, 11) is 3.14. The smallest absolute Gasteiger partial charge is 0.262 e. The van der Waals surface area contributed by atoms with Crippen LogP contribution in [0.5, 0.6) is 11.5 Å². The van der Waals surface area contributed by atoms with Gasteiger partial charge < -0.3 is 14.4 Å². The summed E-state index contributed by atoms with van der Waals surface area (Å²) in [6.45, 7) is 0. The topological polar surface area (TPSA) is 68.5 Å². The SMILES string of the molecule is COc1cccc2c1cc(C(=O)c1ccccc1O)c(=O)n2C. The van der Waals surface area contributed by atoms with Crippen molar-refractivity contribution in [2.75, 3.05) is 7.11 Å². The molecule has 0 unspecified atom stereocenters. The van der Waals surface area contributed by atoms with Gasteiger partial charge in [-0.2, -0.15) is 0 Å². The molecule has 1 aromatic heterocycles. The van der Waals surface area contributed by atoms with Crippen LogP contribution in [-0.2, 0) is 7.05 Å². The van der Waals surface area contributed by atoms with E-state index in [9.17, 15) is 14.7 Å². The maximum absolute atomic E-state index is 12.7. The number of ketones is 1. The van der Waals surface area contributed by atoms with Crippen LogP contribution in [0.15, 0.2) is 53.3 Å². The molecular formula is C18H15NO4. The molecule has 3 rings (SSSR count). The molecule has 1 heterocycles. The highest BCUT2D eigenvalue weighted by molar-refractivity contribution is 6.12. The molecule has 5 heteroatoms. The summed E-state index contributed by atoms with van der Waals surface area (Å²) in [5, 5.41) is 10.5. The maximum Gasteiger partial charge on any atom is 0.262 e. The molecule has 0 aliphatic heterocycles. The summed E-state index contributed by atoms with van der Waals surface area (Å²) in [5.41, 5.74) is 0.340. The second kappa shape index (κ2) is 5.61. The molecular weight excluding hydrogens is 294 g/mol. The first kappa shape index (κ1) is 14.8. The number of carbonyl (C=O) groups excluding carboxylic acids is 1. The van der Waals surface area contributed by atoms with E-state index < -0.39 is 11.3 Å². The number of fused-ring (bicyclic) bond motifs is 1.